The maximum atomic E-state index is 5.03. The van der Waals surface area contributed by atoms with Gasteiger partial charge in [0.2, 0.25) is 9.72 Å². The molecule has 0 saturated heterocycles. The highest BCUT2D eigenvalue weighted by Gasteiger charge is 2.03. The fourth-order valence-electron chi connectivity index (χ4n) is 1.19. The van der Waals surface area contributed by atoms with E-state index < -0.39 is 0 Å². The third-order valence-corrected chi connectivity index (χ3v) is 2.36. The maximum Gasteiger partial charge on any atom is 0.232 e. The normalized spacial score (nSPS) is 10.4. The SMILES string of the molecule is Cc1ccc(Cc2nc(I)no2)cc1. The van der Waals surface area contributed by atoms with E-state index in [1.54, 1.807) is 0 Å². The summed E-state index contributed by atoms with van der Waals surface area (Å²) in [7, 11) is 0. The summed E-state index contributed by atoms with van der Waals surface area (Å²) in [5, 5.41) is 3.73. The van der Waals surface area contributed by atoms with Crippen LogP contribution in [0.4, 0.5) is 0 Å². The zero-order chi connectivity index (χ0) is 9.97. The van der Waals surface area contributed by atoms with Crippen molar-refractivity contribution in [1.29, 1.82) is 0 Å². The number of halogens is 1. The Balaban J connectivity index is 2.15. The molecule has 0 fully saturated rings. The van der Waals surface area contributed by atoms with Gasteiger partial charge in [0.15, 0.2) is 0 Å². The van der Waals surface area contributed by atoms with Gasteiger partial charge in [0.25, 0.3) is 0 Å². The molecule has 0 spiro atoms. The second-order valence-corrected chi connectivity index (χ2v) is 4.08. The molecule has 2 aromatic rings. The van der Waals surface area contributed by atoms with Crippen molar-refractivity contribution in [2.75, 3.05) is 0 Å². The topological polar surface area (TPSA) is 38.9 Å². The summed E-state index contributed by atoms with van der Waals surface area (Å²) >= 11 is 2.03. The Morgan fingerprint density at radius 1 is 1.29 bits per heavy atom. The van der Waals surface area contributed by atoms with Gasteiger partial charge in [0, 0.05) is 22.6 Å². The lowest BCUT2D eigenvalue weighted by molar-refractivity contribution is 0.381. The summed E-state index contributed by atoms with van der Waals surface area (Å²) < 4.78 is 5.69. The fraction of sp³-hybridized carbons (Fsp3) is 0.200. The average molecular weight is 300 g/mol. The summed E-state index contributed by atoms with van der Waals surface area (Å²) in [6.45, 7) is 2.07. The third kappa shape index (κ3) is 2.31. The Bertz CT molecular complexity index is 422. The molecule has 1 aromatic heterocycles. The smallest absolute Gasteiger partial charge is 0.232 e. The van der Waals surface area contributed by atoms with Crippen LogP contribution >= 0.6 is 22.6 Å². The molecule has 0 atom stereocenters. The zero-order valence-corrected chi connectivity index (χ0v) is 9.85. The summed E-state index contributed by atoms with van der Waals surface area (Å²) in [6.07, 6.45) is 0.705. The molecule has 0 aliphatic rings. The van der Waals surface area contributed by atoms with Gasteiger partial charge in [-0.2, -0.15) is 4.98 Å². The summed E-state index contributed by atoms with van der Waals surface area (Å²) in [4.78, 5) is 4.14. The van der Waals surface area contributed by atoms with Gasteiger partial charge in [-0.3, -0.25) is 0 Å². The molecule has 1 heterocycles. The van der Waals surface area contributed by atoms with E-state index in [0.29, 0.717) is 16.1 Å². The molecule has 0 aliphatic carbocycles. The molecule has 0 amide bonds. The average Bonchev–Trinajstić information content (AvgIpc) is 2.56. The number of benzene rings is 1. The standard InChI is InChI=1S/C10H9IN2O/c1-7-2-4-8(5-3-7)6-9-12-10(11)13-14-9/h2-5H,6H2,1H3. The van der Waals surface area contributed by atoms with E-state index in [0.717, 1.165) is 0 Å². The molecule has 0 saturated carbocycles. The van der Waals surface area contributed by atoms with E-state index in [1.807, 2.05) is 22.6 Å². The molecule has 72 valence electrons. The van der Waals surface area contributed by atoms with Gasteiger partial charge in [0.05, 0.1) is 6.42 Å². The first-order chi connectivity index (χ1) is 6.74. The lowest BCUT2D eigenvalue weighted by Crippen LogP contribution is -1.88. The van der Waals surface area contributed by atoms with E-state index in [-0.39, 0.29) is 0 Å². The van der Waals surface area contributed by atoms with Crippen molar-refractivity contribution >= 4 is 22.6 Å². The largest absolute Gasteiger partial charge is 0.338 e. The van der Waals surface area contributed by atoms with Crippen LogP contribution in [0.2, 0.25) is 0 Å². The maximum absolute atomic E-state index is 5.03. The van der Waals surface area contributed by atoms with E-state index >= 15 is 0 Å². The van der Waals surface area contributed by atoms with Crippen LogP contribution in [-0.4, -0.2) is 10.1 Å². The molecule has 14 heavy (non-hydrogen) atoms. The van der Waals surface area contributed by atoms with Gasteiger partial charge < -0.3 is 4.52 Å². The van der Waals surface area contributed by atoms with Gasteiger partial charge in [-0.05, 0) is 12.5 Å². The predicted molar refractivity (Wildman–Crippen MR) is 61.0 cm³/mol. The summed E-state index contributed by atoms with van der Waals surface area (Å²) in [5.41, 5.74) is 2.45. The van der Waals surface area contributed by atoms with Crippen LogP contribution in [0.5, 0.6) is 0 Å². The van der Waals surface area contributed by atoms with Crippen molar-refractivity contribution in [2.45, 2.75) is 13.3 Å². The molecule has 2 rings (SSSR count). The van der Waals surface area contributed by atoms with Gasteiger partial charge in [0.1, 0.15) is 0 Å². The van der Waals surface area contributed by atoms with Crippen LogP contribution < -0.4 is 0 Å². The number of aryl methyl sites for hydroxylation is 1. The zero-order valence-electron chi connectivity index (χ0n) is 7.70. The van der Waals surface area contributed by atoms with Crippen molar-refractivity contribution in [3.63, 3.8) is 0 Å². The first kappa shape index (κ1) is 9.64. The first-order valence-corrected chi connectivity index (χ1v) is 5.35. The number of nitrogens with zero attached hydrogens (tertiary/aromatic N) is 2. The van der Waals surface area contributed by atoms with E-state index in [2.05, 4.69) is 41.3 Å². The van der Waals surface area contributed by atoms with Crippen LogP contribution in [0.1, 0.15) is 17.0 Å². The minimum Gasteiger partial charge on any atom is -0.338 e. The predicted octanol–water partition coefficient (Wildman–Crippen LogP) is 2.57. The van der Waals surface area contributed by atoms with Crippen molar-refractivity contribution < 1.29 is 4.52 Å². The quantitative estimate of drug-likeness (QED) is 0.800. The van der Waals surface area contributed by atoms with Crippen LogP contribution in [0.25, 0.3) is 0 Å². The number of hydrogen-bond acceptors (Lipinski definition) is 3. The van der Waals surface area contributed by atoms with Crippen molar-refractivity contribution in [2.24, 2.45) is 0 Å². The van der Waals surface area contributed by atoms with Gasteiger partial charge in [-0.25, -0.2) is 0 Å². The Hall–Kier alpha value is -0.910. The molecule has 1 aromatic carbocycles. The van der Waals surface area contributed by atoms with Crippen LogP contribution in [0.15, 0.2) is 28.8 Å². The van der Waals surface area contributed by atoms with Crippen molar-refractivity contribution in [1.82, 2.24) is 10.1 Å². The Morgan fingerprint density at radius 3 is 2.57 bits per heavy atom. The van der Waals surface area contributed by atoms with E-state index in [9.17, 15) is 0 Å². The number of hydrogen-bond donors (Lipinski definition) is 0. The second kappa shape index (κ2) is 4.08. The lowest BCUT2D eigenvalue weighted by Gasteiger charge is -1.96. The molecule has 0 N–H and O–H groups in total. The Kier molecular flexibility index (Phi) is 2.81. The van der Waals surface area contributed by atoms with Gasteiger partial charge >= 0.3 is 0 Å². The third-order valence-electron chi connectivity index (χ3n) is 1.92. The lowest BCUT2D eigenvalue weighted by atomic mass is 10.1. The molecule has 4 heteroatoms. The minimum absolute atomic E-state index is 0.657. The van der Waals surface area contributed by atoms with Gasteiger partial charge in [-0.1, -0.05) is 35.0 Å². The highest BCUT2D eigenvalue weighted by atomic mass is 127. The van der Waals surface area contributed by atoms with Gasteiger partial charge in [-0.15, -0.1) is 0 Å². The molecule has 0 bridgehead atoms. The molecular weight excluding hydrogens is 291 g/mol. The molecule has 0 radical (unpaired) electrons. The summed E-state index contributed by atoms with van der Waals surface area (Å²) in [5.74, 6) is 0.665. The summed E-state index contributed by atoms with van der Waals surface area (Å²) in [6, 6.07) is 8.31. The Morgan fingerprint density at radius 2 is 2.00 bits per heavy atom. The fourth-order valence-corrected chi connectivity index (χ4v) is 1.55. The Labute approximate surface area is 95.7 Å². The highest BCUT2D eigenvalue weighted by Crippen LogP contribution is 2.09. The number of aromatic nitrogens is 2. The van der Waals surface area contributed by atoms with Crippen molar-refractivity contribution in [3.05, 3.63) is 45.1 Å². The molecule has 0 unspecified atom stereocenters. The van der Waals surface area contributed by atoms with Crippen molar-refractivity contribution in [3.8, 4) is 0 Å². The van der Waals surface area contributed by atoms with E-state index in [1.165, 1.54) is 11.1 Å². The highest BCUT2D eigenvalue weighted by molar-refractivity contribution is 14.1. The number of rotatable bonds is 2. The molecule has 3 nitrogen and oxygen atoms in total. The first-order valence-electron chi connectivity index (χ1n) is 4.27. The van der Waals surface area contributed by atoms with Crippen LogP contribution in [0, 0.1) is 10.8 Å². The minimum atomic E-state index is 0.657. The monoisotopic (exact) mass is 300 g/mol. The van der Waals surface area contributed by atoms with Crippen LogP contribution in [-0.2, 0) is 6.42 Å². The molecule has 0 aliphatic heterocycles. The second-order valence-electron chi connectivity index (χ2n) is 3.12. The molecular formula is C10H9IN2O. The van der Waals surface area contributed by atoms with Crippen LogP contribution in [0.3, 0.4) is 0 Å². The van der Waals surface area contributed by atoms with E-state index in [4.69, 9.17) is 4.52 Å².